The van der Waals surface area contributed by atoms with Gasteiger partial charge in [-0.25, -0.2) is 0 Å². The van der Waals surface area contributed by atoms with E-state index in [4.69, 9.17) is 10.5 Å². The van der Waals surface area contributed by atoms with Crippen molar-refractivity contribution in [2.45, 2.75) is 13.1 Å². The van der Waals surface area contributed by atoms with E-state index in [1.54, 1.807) is 0 Å². The predicted octanol–water partition coefficient (Wildman–Crippen LogP) is 1.74. The number of ether oxygens (including phenoxy) is 1. The Balaban J connectivity index is 1.81. The second kappa shape index (κ2) is 5.77. The molecule has 0 aromatic heterocycles. The first-order chi connectivity index (χ1) is 7.79. The van der Waals surface area contributed by atoms with Crippen LogP contribution in [0.4, 0.5) is 0 Å². The zero-order chi connectivity index (χ0) is 11.4. The molecule has 1 aliphatic rings. The first-order valence-electron chi connectivity index (χ1n) is 5.57. The van der Waals surface area contributed by atoms with Crippen molar-refractivity contribution in [2.24, 2.45) is 5.73 Å². The fourth-order valence-corrected chi connectivity index (χ4v) is 2.38. The summed E-state index contributed by atoms with van der Waals surface area (Å²) in [7, 11) is 0. The average Bonchev–Trinajstić information content (AvgIpc) is 2.66. The average molecular weight is 285 g/mol. The molecule has 1 heterocycles. The van der Waals surface area contributed by atoms with Crippen molar-refractivity contribution in [1.82, 2.24) is 4.90 Å². The van der Waals surface area contributed by atoms with Gasteiger partial charge in [0.15, 0.2) is 0 Å². The maximum absolute atomic E-state index is 5.39. The molecule has 3 nitrogen and oxygen atoms in total. The van der Waals surface area contributed by atoms with Gasteiger partial charge in [-0.3, -0.25) is 4.90 Å². The van der Waals surface area contributed by atoms with Crippen molar-refractivity contribution in [3.05, 3.63) is 33.8 Å². The van der Waals surface area contributed by atoms with Gasteiger partial charge in [0.25, 0.3) is 0 Å². The Morgan fingerprint density at radius 2 is 2.06 bits per heavy atom. The highest BCUT2D eigenvalue weighted by Crippen LogP contribution is 2.25. The summed E-state index contributed by atoms with van der Waals surface area (Å²) >= 11 is 3.50. The topological polar surface area (TPSA) is 38.5 Å². The molecule has 0 aliphatic carbocycles. The third kappa shape index (κ3) is 3.04. The number of rotatable bonds is 5. The molecule has 1 aliphatic heterocycles. The summed E-state index contributed by atoms with van der Waals surface area (Å²) in [4.78, 5) is 2.40. The number of fused-ring (bicyclic) bond motifs is 1. The van der Waals surface area contributed by atoms with Crippen molar-refractivity contribution in [3.8, 4) is 0 Å². The second-order valence-electron chi connectivity index (χ2n) is 4.02. The van der Waals surface area contributed by atoms with E-state index in [2.05, 4.69) is 39.0 Å². The zero-order valence-electron chi connectivity index (χ0n) is 9.29. The first kappa shape index (κ1) is 12.0. The highest BCUT2D eigenvalue weighted by molar-refractivity contribution is 9.10. The maximum Gasteiger partial charge on any atom is 0.0594 e. The Morgan fingerprint density at radius 1 is 1.25 bits per heavy atom. The number of halogens is 1. The summed E-state index contributed by atoms with van der Waals surface area (Å²) in [6.07, 6.45) is 0. The Kier molecular flexibility index (Phi) is 4.35. The van der Waals surface area contributed by atoms with Crippen LogP contribution in [-0.2, 0) is 17.8 Å². The number of hydrogen-bond donors (Lipinski definition) is 1. The van der Waals surface area contributed by atoms with Crippen LogP contribution in [0.1, 0.15) is 11.1 Å². The third-order valence-electron chi connectivity index (χ3n) is 2.77. The van der Waals surface area contributed by atoms with Crippen LogP contribution in [0.15, 0.2) is 22.7 Å². The molecule has 0 unspecified atom stereocenters. The highest BCUT2D eigenvalue weighted by atomic mass is 79.9. The normalized spacial score (nSPS) is 15.4. The minimum absolute atomic E-state index is 0.604. The zero-order valence-corrected chi connectivity index (χ0v) is 10.9. The van der Waals surface area contributed by atoms with Crippen LogP contribution in [0.25, 0.3) is 0 Å². The Hall–Kier alpha value is -0.420. The van der Waals surface area contributed by atoms with Gasteiger partial charge in [-0.2, -0.15) is 0 Å². The minimum atomic E-state index is 0.604. The van der Waals surface area contributed by atoms with Crippen LogP contribution in [0.5, 0.6) is 0 Å². The summed E-state index contributed by atoms with van der Waals surface area (Å²) in [5.74, 6) is 0. The maximum atomic E-state index is 5.39. The molecule has 0 saturated heterocycles. The highest BCUT2D eigenvalue weighted by Gasteiger charge is 2.18. The molecular weight excluding hydrogens is 268 g/mol. The van der Waals surface area contributed by atoms with E-state index >= 15 is 0 Å². The number of nitrogens with two attached hydrogens (primary N) is 1. The van der Waals surface area contributed by atoms with Crippen LogP contribution in [0, 0.1) is 0 Å². The van der Waals surface area contributed by atoms with E-state index in [0.29, 0.717) is 13.2 Å². The molecule has 0 spiro atoms. The molecule has 1 aromatic rings. The molecule has 0 atom stereocenters. The minimum Gasteiger partial charge on any atom is -0.379 e. The van der Waals surface area contributed by atoms with E-state index < -0.39 is 0 Å². The Morgan fingerprint density at radius 3 is 2.88 bits per heavy atom. The summed E-state index contributed by atoms with van der Waals surface area (Å²) < 4.78 is 6.55. The van der Waals surface area contributed by atoms with Crippen molar-refractivity contribution >= 4 is 15.9 Å². The molecule has 0 saturated carbocycles. The van der Waals surface area contributed by atoms with Gasteiger partial charge < -0.3 is 10.5 Å². The Labute approximate surface area is 105 Å². The molecular formula is C12H17BrN2O. The van der Waals surface area contributed by atoms with Gasteiger partial charge in [-0.1, -0.05) is 22.0 Å². The molecule has 0 fully saturated rings. The molecule has 2 N–H and O–H groups in total. The van der Waals surface area contributed by atoms with Crippen molar-refractivity contribution in [1.29, 1.82) is 0 Å². The second-order valence-corrected chi connectivity index (χ2v) is 4.94. The summed E-state index contributed by atoms with van der Waals surface area (Å²) in [5, 5.41) is 0. The molecule has 2 rings (SSSR count). The summed E-state index contributed by atoms with van der Waals surface area (Å²) in [5.41, 5.74) is 8.22. The molecule has 88 valence electrons. The van der Waals surface area contributed by atoms with Gasteiger partial charge in [0.2, 0.25) is 0 Å². The van der Waals surface area contributed by atoms with Gasteiger partial charge in [0, 0.05) is 30.7 Å². The van der Waals surface area contributed by atoms with Gasteiger partial charge in [-0.15, -0.1) is 0 Å². The van der Waals surface area contributed by atoms with E-state index in [-0.39, 0.29) is 0 Å². The SMILES string of the molecule is NCCOCCN1Cc2ccc(Br)cc2C1. The summed E-state index contributed by atoms with van der Waals surface area (Å²) in [6.45, 7) is 5.08. The lowest BCUT2D eigenvalue weighted by Crippen LogP contribution is -2.23. The van der Waals surface area contributed by atoms with E-state index in [0.717, 1.165) is 30.7 Å². The van der Waals surface area contributed by atoms with E-state index in [1.807, 2.05) is 0 Å². The van der Waals surface area contributed by atoms with Crippen LogP contribution >= 0.6 is 15.9 Å². The molecule has 0 radical (unpaired) electrons. The molecule has 16 heavy (non-hydrogen) atoms. The fraction of sp³-hybridized carbons (Fsp3) is 0.500. The van der Waals surface area contributed by atoms with Crippen LogP contribution in [0.2, 0.25) is 0 Å². The van der Waals surface area contributed by atoms with Gasteiger partial charge in [0.05, 0.1) is 13.2 Å². The fourth-order valence-electron chi connectivity index (χ4n) is 1.97. The molecule has 0 bridgehead atoms. The smallest absolute Gasteiger partial charge is 0.0594 e. The first-order valence-corrected chi connectivity index (χ1v) is 6.36. The molecule has 0 amide bonds. The number of benzene rings is 1. The van der Waals surface area contributed by atoms with Crippen LogP contribution in [0.3, 0.4) is 0 Å². The van der Waals surface area contributed by atoms with Crippen molar-refractivity contribution in [3.63, 3.8) is 0 Å². The van der Waals surface area contributed by atoms with Gasteiger partial charge in [-0.05, 0) is 23.3 Å². The lowest BCUT2D eigenvalue weighted by atomic mass is 10.1. The van der Waals surface area contributed by atoms with Crippen LogP contribution in [-0.4, -0.2) is 31.2 Å². The summed E-state index contributed by atoms with van der Waals surface area (Å²) in [6, 6.07) is 6.50. The Bertz CT molecular complexity index is 357. The third-order valence-corrected chi connectivity index (χ3v) is 3.26. The monoisotopic (exact) mass is 284 g/mol. The van der Waals surface area contributed by atoms with Crippen molar-refractivity contribution in [2.75, 3.05) is 26.3 Å². The quantitative estimate of drug-likeness (QED) is 0.838. The number of nitrogens with zero attached hydrogens (tertiary/aromatic N) is 1. The molecule has 1 aromatic carbocycles. The van der Waals surface area contributed by atoms with E-state index in [9.17, 15) is 0 Å². The van der Waals surface area contributed by atoms with E-state index in [1.165, 1.54) is 11.1 Å². The predicted molar refractivity (Wildman–Crippen MR) is 68.1 cm³/mol. The standard InChI is InChI=1S/C12H17BrN2O/c13-12-2-1-10-8-15(9-11(10)7-12)4-6-16-5-3-14/h1-2,7H,3-6,8-9,14H2. The molecule has 4 heteroatoms. The van der Waals surface area contributed by atoms with Crippen molar-refractivity contribution < 1.29 is 4.74 Å². The lowest BCUT2D eigenvalue weighted by molar-refractivity contribution is 0.108. The van der Waals surface area contributed by atoms with Gasteiger partial charge in [0.1, 0.15) is 0 Å². The number of hydrogen-bond acceptors (Lipinski definition) is 3. The van der Waals surface area contributed by atoms with Crippen LogP contribution < -0.4 is 5.73 Å². The lowest BCUT2D eigenvalue weighted by Gasteiger charge is -2.14. The van der Waals surface area contributed by atoms with Gasteiger partial charge >= 0.3 is 0 Å². The largest absolute Gasteiger partial charge is 0.379 e.